The molecule has 0 saturated carbocycles. The van der Waals surface area contributed by atoms with Crippen molar-refractivity contribution in [2.24, 2.45) is 5.73 Å². The number of halogens is 1. The van der Waals surface area contributed by atoms with Crippen LogP contribution in [0.1, 0.15) is 23.2 Å². The van der Waals surface area contributed by atoms with E-state index < -0.39 is 29.6 Å². The SMILES string of the molecule is NC(=O)[C@H](CCC(=O)O)NC(=O)c1ccc(-c2ccccc2)c(F)c1. The van der Waals surface area contributed by atoms with E-state index in [1.807, 2.05) is 6.07 Å². The zero-order valence-electron chi connectivity index (χ0n) is 13.2. The van der Waals surface area contributed by atoms with Crippen molar-refractivity contribution in [1.82, 2.24) is 5.32 Å². The fourth-order valence-corrected chi connectivity index (χ4v) is 2.30. The van der Waals surface area contributed by atoms with E-state index in [-0.39, 0.29) is 18.4 Å². The Hall–Kier alpha value is -3.22. The molecule has 0 heterocycles. The Balaban J connectivity index is 2.15. The minimum Gasteiger partial charge on any atom is -0.481 e. The van der Waals surface area contributed by atoms with Crippen LogP contribution in [-0.4, -0.2) is 28.9 Å². The molecule has 6 nitrogen and oxygen atoms in total. The van der Waals surface area contributed by atoms with Crippen LogP contribution in [0.3, 0.4) is 0 Å². The maximum atomic E-state index is 14.3. The second-order valence-corrected chi connectivity index (χ2v) is 5.42. The molecule has 0 bridgehead atoms. The van der Waals surface area contributed by atoms with Gasteiger partial charge >= 0.3 is 5.97 Å². The highest BCUT2D eigenvalue weighted by Gasteiger charge is 2.20. The lowest BCUT2D eigenvalue weighted by molar-refractivity contribution is -0.137. The van der Waals surface area contributed by atoms with Crippen molar-refractivity contribution < 1.29 is 23.9 Å². The molecule has 0 saturated heterocycles. The zero-order valence-corrected chi connectivity index (χ0v) is 13.2. The number of hydrogen-bond acceptors (Lipinski definition) is 3. The number of aliphatic carboxylic acids is 1. The molecule has 0 radical (unpaired) electrons. The predicted molar refractivity (Wildman–Crippen MR) is 89.2 cm³/mol. The van der Waals surface area contributed by atoms with E-state index in [2.05, 4.69) is 5.32 Å². The van der Waals surface area contributed by atoms with Crippen LogP contribution in [0.2, 0.25) is 0 Å². The monoisotopic (exact) mass is 344 g/mol. The van der Waals surface area contributed by atoms with Crippen molar-refractivity contribution in [3.05, 3.63) is 59.9 Å². The van der Waals surface area contributed by atoms with E-state index in [0.29, 0.717) is 11.1 Å². The van der Waals surface area contributed by atoms with Crippen LogP contribution in [0, 0.1) is 5.82 Å². The summed E-state index contributed by atoms with van der Waals surface area (Å²) in [5.74, 6) is -3.25. The quantitative estimate of drug-likeness (QED) is 0.713. The molecule has 2 aromatic carbocycles. The summed E-state index contributed by atoms with van der Waals surface area (Å²) >= 11 is 0. The van der Waals surface area contributed by atoms with E-state index >= 15 is 0 Å². The smallest absolute Gasteiger partial charge is 0.303 e. The maximum Gasteiger partial charge on any atom is 0.303 e. The van der Waals surface area contributed by atoms with E-state index in [1.165, 1.54) is 12.1 Å². The van der Waals surface area contributed by atoms with Gasteiger partial charge in [-0.1, -0.05) is 36.4 Å². The third-order valence-electron chi connectivity index (χ3n) is 3.61. The summed E-state index contributed by atoms with van der Waals surface area (Å²) in [5.41, 5.74) is 6.18. The van der Waals surface area contributed by atoms with Crippen molar-refractivity contribution in [2.45, 2.75) is 18.9 Å². The van der Waals surface area contributed by atoms with Gasteiger partial charge in [0, 0.05) is 17.5 Å². The van der Waals surface area contributed by atoms with Gasteiger partial charge in [-0.3, -0.25) is 14.4 Å². The number of benzene rings is 2. The van der Waals surface area contributed by atoms with Crippen molar-refractivity contribution >= 4 is 17.8 Å². The highest BCUT2D eigenvalue weighted by atomic mass is 19.1. The molecule has 0 aliphatic heterocycles. The van der Waals surface area contributed by atoms with Gasteiger partial charge < -0.3 is 16.2 Å². The van der Waals surface area contributed by atoms with Crippen LogP contribution in [0.15, 0.2) is 48.5 Å². The van der Waals surface area contributed by atoms with Crippen molar-refractivity contribution in [3.8, 4) is 11.1 Å². The number of carbonyl (C=O) groups excluding carboxylic acids is 2. The minimum absolute atomic E-state index is 0.0127. The third kappa shape index (κ3) is 4.87. The van der Waals surface area contributed by atoms with Crippen molar-refractivity contribution in [1.29, 1.82) is 0 Å². The van der Waals surface area contributed by atoms with Gasteiger partial charge in [0.2, 0.25) is 5.91 Å². The van der Waals surface area contributed by atoms with Crippen molar-refractivity contribution in [3.63, 3.8) is 0 Å². The Kier molecular flexibility index (Phi) is 5.84. The molecule has 0 aromatic heterocycles. The Morgan fingerprint density at radius 2 is 1.80 bits per heavy atom. The minimum atomic E-state index is -1.14. The van der Waals surface area contributed by atoms with Gasteiger partial charge in [0.05, 0.1) is 0 Å². The standard InChI is InChI=1S/C18H17FN2O4/c19-14-10-12(6-7-13(14)11-4-2-1-3-5-11)18(25)21-15(17(20)24)8-9-16(22)23/h1-7,10,15H,8-9H2,(H2,20,24)(H,21,25)(H,22,23)/t15-/m0/s1. The number of carbonyl (C=O) groups is 3. The first-order valence-electron chi connectivity index (χ1n) is 7.55. The van der Waals surface area contributed by atoms with Crippen LogP contribution < -0.4 is 11.1 Å². The van der Waals surface area contributed by atoms with Gasteiger partial charge in [-0.25, -0.2) is 4.39 Å². The predicted octanol–water partition coefficient (Wildman–Crippen LogP) is 1.94. The molecule has 4 N–H and O–H groups in total. The zero-order chi connectivity index (χ0) is 18.4. The molecule has 2 aromatic rings. The fourth-order valence-electron chi connectivity index (χ4n) is 2.30. The molecule has 0 spiro atoms. The van der Waals surface area contributed by atoms with Crippen LogP contribution >= 0.6 is 0 Å². The number of hydrogen-bond donors (Lipinski definition) is 3. The molecule has 25 heavy (non-hydrogen) atoms. The molecule has 130 valence electrons. The number of primary amides is 1. The van der Waals surface area contributed by atoms with Crippen LogP contribution in [0.5, 0.6) is 0 Å². The second kappa shape index (κ2) is 8.05. The molecule has 0 aliphatic carbocycles. The van der Waals surface area contributed by atoms with Gasteiger partial charge in [0.25, 0.3) is 5.91 Å². The highest BCUT2D eigenvalue weighted by molar-refractivity contribution is 5.97. The number of rotatable bonds is 7. The summed E-state index contributed by atoms with van der Waals surface area (Å²) in [7, 11) is 0. The largest absolute Gasteiger partial charge is 0.481 e. The average molecular weight is 344 g/mol. The Labute approximate surface area is 143 Å². The number of carboxylic acids is 1. The lowest BCUT2D eigenvalue weighted by atomic mass is 10.0. The van der Waals surface area contributed by atoms with Gasteiger partial charge in [-0.05, 0) is 24.1 Å². The first-order valence-corrected chi connectivity index (χ1v) is 7.55. The van der Waals surface area contributed by atoms with E-state index in [0.717, 1.165) is 6.07 Å². The summed E-state index contributed by atoms with van der Waals surface area (Å²) in [6.07, 6.45) is -0.462. The molecular weight excluding hydrogens is 327 g/mol. The Morgan fingerprint density at radius 1 is 1.12 bits per heavy atom. The first-order chi connectivity index (χ1) is 11.9. The molecule has 1 atom stereocenters. The van der Waals surface area contributed by atoms with Gasteiger partial charge in [0.1, 0.15) is 11.9 Å². The molecule has 0 unspecified atom stereocenters. The van der Waals surface area contributed by atoms with Crippen LogP contribution in [0.4, 0.5) is 4.39 Å². The lowest BCUT2D eigenvalue weighted by Gasteiger charge is -2.15. The van der Waals surface area contributed by atoms with Gasteiger partial charge in [0.15, 0.2) is 0 Å². The normalized spacial score (nSPS) is 11.6. The van der Waals surface area contributed by atoms with E-state index in [9.17, 15) is 18.8 Å². The maximum absolute atomic E-state index is 14.3. The molecule has 0 aliphatic rings. The number of amides is 2. The summed E-state index contributed by atoms with van der Waals surface area (Å²) in [4.78, 5) is 34.1. The molecule has 2 amide bonds. The van der Waals surface area contributed by atoms with Gasteiger partial charge in [-0.15, -0.1) is 0 Å². The number of carboxylic acid groups (broad SMARTS) is 1. The Bertz CT molecular complexity index is 793. The third-order valence-corrected chi connectivity index (χ3v) is 3.61. The summed E-state index contributed by atoms with van der Waals surface area (Å²) in [5, 5.41) is 11.0. The summed E-state index contributed by atoms with van der Waals surface area (Å²) in [6, 6.07) is 11.7. The molecule has 2 rings (SSSR count). The molecule has 7 heteroatoms. The highest BCUT2D eigenvalue weighted by Crippen LogP contribution is 2.23. The topological polar surface area (TPSA) is 109 Å². The lowest BCUT2D eigenvalue weighted by Crippen LogP contribution is -2.44. The molecular formula is C18H17FN2O4. The van der Waals surface area contributed by atoms with Crippen LogP contribution in [-0.2, 0) is 9.59 Å². The molecule has 0 fully saturated rings. The van der Waals surface area contributed by atoms with E-state index in [4.69, 9.17) is 10.8 Å². The summed E-state index contributed by atoms with van der Waals surface area (Å²) < 4.78 is 14.3. The average Bonchev–Trinajstić information content (AvgIpc) is 2.58. The van der Waals surface area contributed by atoms with Crippen molar-refractivity contribution in [2.75, 3.05) is 0 Å². The number of nitrogens with one attached hydrogen (secondary N) is 1. The second-order valence-electron chi connectivity index (χ2n) is 5.42. The van der Waals surface area contributed by atoms with Crippen LogP contribution in [0.25, 0.3) is 11.1 Å². The van der Waals surface area contributed by atoms with E-state index in [1.54, 1.807) is 24.3 Å². The Morgan fingerprint density at radius 3 is 2.36 bits per heavy atom. The number of nitrogens with two attached hydrogens (primary N) is 1. The first kappa shape index (κ1) is 18.1. The fraction of sp³-hybridized carbons (Fsp3) is 0.167. The van der Waals surface area contributed by atoms with Gasteiger partial charge in [-0.2, -0.15) is 0 Å². The summed E-state index contributed by atoms with van der Waals surface area (Å²) in [6.45, 7) is 0.